The number of fused-ring (bicyclic) bond motifs is 1. The Morgan fingerprint density at radius 1 is 1.38 bits per heavy atom. The van der Waals surface area contributed by atoms with Crippen molar-refractivity contribution < 1.29 is 9.90 Å². The molecule has 0 atom stereocenters. The summed E-state index contributed by atoms with van der Waals surface area (Å²) in [5.74, 6) is 0.177. The summed E-state index contributed by atoms with van der Waals surface area (Å²) in [7, 11) is 0. The van der Waals surface area contributed by atoms with E-state index in [1.165, 1.54) is 0 Å². The SMILES string of the molecule is CCCCn1c(C)c(C(=O)NC2CCNCC2)c2cc(O)ccc21. The van der Waals surface area contributed by atoms with Crippen LogP contribution < -0.4 is 10.6 Å². The summed E-state index contributed by atoms with van der Waals surface area (Å²) in [5.41, 5.74) is 2.71. The summed E-state index contributed by atoms with van der Waals surface area (Å²) in [4.78, 5) is 12.9. The maximum absolute atomic E-state index is 12.9. The molecule has 0 saturated carbocycles. The predicted molar refractivity (Wildman–Crippen MR) is 96.6 cm³/mol. The van der Waals surface area contributed by atoms with Crippen molar-refractivity contribution in [2.45, 2.75) is 52.1 Å². The first-order valence-electron chi connectivity index (χ1n) is 8.95. The molecule has 1 saturated heterocycles. The van der Waals surface area contributed by atoms with Crippen molar-refractivity contribution in [1.29, 1.82) is 0 Å². The second-order valence-electron chi connectivity index (χ2n) is 6.66. The normalized spacial score (nSPS) is 15.8. The van der Waals surface area contributed by atoms with Gasteiger partial charge in [-0.1, -0.05) is 13.3 Å². The number of carbonyl (C=O) groups excluding carboxylic acids is 1. The molecule has 5 heteroatoms. The zero-order valence-corrected chi connectivity index (χ0v) is 14.6. The highest BCUT2D eigenvalue weighted by atomic mass is 16.3. The number of hydrogen-bond acceptors (Lipinski definition) is 3. The minimum atomic E-state index is -0.0229. The van der Waals surface area contributed by atoms with E-state index in [0.717, 1.165) is 61.9 Å². The van der Waals surface area contributed by atoms with E-state index in [4.69, 9.17) is 0 Å². The fourth-order valence-electron chi connectivity index (χ4n) is 3.58. The number of aromatic hydroxyl groups is 1. The van der Waals surface area contributed by atoms with Crippen molar-refractivity contribution in [2.24, 2.45) is 0 Å². The number of benzene rings is 1. The number of rotatable bonds is 5. The molecule has 24 heavy (non-hydrogen) atoms. The lowest BCUT2D eigenvalue weighted by molar-refractivity contribution is 0.0930. The highest BCUT2D eigenvalue weighted by Gasteiger charge is 2.23. The summed E-state index contributed by atoms with van der Waals surface area (Å²) in [6, 6.07) is 5.54. The second kappa shape index (κ2) is 7.26. The van der Waals surface area contributed by atoms with Crippen LogP contribution in [0, 0.1) is 6.92 Å². The molecule has 3 rings (SSSR count). The third-order valence-corrected chi connectivity index (χ3v) is 4.94. The minimum absolute atomic E-state index is 0.0229. The Labute approximate surface area is 143 Å². The zero-order chi connectivity index (χ0) is 17.1. The van der Waals surface area contributed by atoms with Crippen LogP contribution in [0.5, 0.6) is 5.75 Å². The van der Waals surface area contributed by atoms with Crippen molar-refractivity contribution >= 4 is 16.8 Å². The predicted octanol–water partition coefficient (Wildman–Crippen LogP) is 2.94. The minimum Gasteiger partial charge on any atom is -0.508 e. The molecule has 1 fully saturated rings. The summed E-state index contributed by atoms with van der Waals surface area (Å²) >= 11 is 0. The second-order valence-corrected chi connectivity index (χ2v) is 6.66. The van der Waals surface area contributed by atoms with Gasteiger partial charge in [-0.25, -0.2) is 0 Å². The number of unbranched alkanes of at least 4 members (excludes halogenated alkanes) is 1. The molecule has 0 radical (unpaired) electrons. The molecule has 130 valence electrons. The van der Waals surface area contributed by atoms with E-state index in [9.17, 15) is 9.90 Å². The Hall–Kier alpha value is -2.01. The molecular weight excluding hydrogens is 302 g/mol. The number of nitrogens with zero attached hydrogens (tertiary/aromatic N) is 1. The van der Waals surface area contributed by atoms with Crippen LogP contribution in [0.4, 0.5) is 0 Å². The molecular formula is C19H27N3O2. The van der Waals surface area contributed by atoms with Crippen molar-refractivity contribution in [2.75, 3.05) is 13.1 Å². The molecule has 0 spiro atoms. The largest absolute Gasteiger partial charge is 0.508 e. The molecule has 0 bridgehead atoms. The van der Waals surface area contributed by atoms with E-state index in [2.05, 4.69) is 22.1 Å². The van der Waals surface area contributed by atoms with Crippen LogP contribution in [0.3, 0.4) is 0 Å². The molecule has 0 unspecified atom stereocenters. The molecule has 2 aromatic rings. The van der Waals surface area contributed by atoms with Gasteiger partial charge in [0, 0.05) is 29.2 Å². The highest BCUT2D eigenvalue weighted by Crippen LogP contribution is 2.29. The quantitative estimate of drug-likeness (QED) is 0.790. The Morgan fingerprint density at radius 3 is 2.83 bits per heavy atom. The fraction of sp³-hybridized carbons (Fsp3) is 0.526. The van der Waals surface area contributed by atoms with Gasteiger partial charge in [-0.3, -0.25) is 4.79 Å². The van der Waals surface area contributed by atoms with Crippen LogP contribution in [0.25, 0.3) is 10.9 Å². The van der Waals surface area contributed by atoms with E-state index in [1.807, 2.05) is 13.0 Å². The Kier molecular flexibility index (Phi) is 5.09. The van der Waals surface area contributed by atoms with Gasteiger partial charge in [-0.2, -0.15) is 0 Å². The first-order valence-corrected chi connectivity index (χ1v) is 8.95. The molecule has 1 aromatic heterocycles. The van der Waals surface area contributed by atoms with Crippen LogP contribution >= 0.6 is 0 Å². The topological polar surface area (TPSA) is 66.3 Å². The maximum Gasteiger partial charge on any atom is 0.253 e. The number of amides is 1. The van der Waals surface area contributed by atoms with Gasteiger partial charge in [0.1, 0.15) is 5.75 Å². The molecule has 1 aromatic carbocycles. The van der Waals surface area contributed by atoms with Crippen LogP contribution in [-0.4, -0.2) is 34.7 Å². The summed E-state index contributed by atoms with van der Waals surface area (Å²) in [6.07, 6.45) is 4.10. The van der Waals surface area contributed by atoms with Crippen molar-refractivity contribution in [3.63, 3.8) is 0 Å². The number of hydrogen-bond donors (Lipinski definition) is 3. The molecule has 1 amide bonds. The summed E-state index contributed by atoms with van der Waals surface area (Å²) in [6.45, 7) is 6.96. The van der Waals surface area contributed by atoms with Crippen LogP contribution in [-0.2, 0) is 6.54 Å². The van der Waals surface area contributed by atoms with Crippen LogP contribution in [0.1, 0.15) is 48.7 Å². The molecule has 3 N–H and O–H groups in total. The van der Waals surface area contributed by atoms with Gasteiger partial charge in [0.05, 0.1) is 5.56 Å². The number of aryl methyl sites for hydroxylation is 1. The van der Waals surface area contributed by atoms with Gasteiger partial charge in [0.15, 0.2) is 0 Å². The number of piperidine rings is 1. The van der Waals surface area contributed by atoms with Crippen LogP contribution in [0.2, 0.25) is 0 Å². The van der Waals surface area contributed by atoms with Gasteiger partial charge in [0.2, 0.25) is 0 Å². The molecule has 1 aliphatic heterocycles. The van der Waals surface area contributed by atoms with E-state index in [0.29, 0.717) is 5.56 Å². The monoisotopic (exact) mass is 329 g/mol. The fourth-order valence-corrected chi connectivity index (χ4v) is 3.58. The highest BCUT2D eigenvalue weighted by molar-refractivity contribution is 6.08. The summed E-state index contributed by atoms with van der Waals surface area (Å²) in [5, 5.41) is 17.2. The van der Waals surface area contributed by atoms with E-state index in [1.54, 1.807) is 12.1 Å². The summed E-state index contributed by atoms with van der Waals surface area (Å²) < 4.78 is 2.20. The lowest BCUT2D eigenvalue weighted by Crippen LogP contribution is -2.42. The standard InChI is InChI=1S/C19H27N3O2/c1-3-4-11-22-13(2)18(16-12-15(23)5-6-17(16)22)19(24)21-14-7-9-20-10-8-14/h5-6,12,14,20,23H,3-4,7-11H2,1-2H3,(H,21,24). The zero-order valence-electron chi connectivity index (χ0n) is 14.6. The average Bonchev–Trinajstić information content (AvgIpc) is 2.84. The number of carbonyl (C=O) groups is 1. The third kappa shape index (κ3) is 3.26. The first-order chi connectivity index (χ1) is 11.6. The number of phenolic OH excluding ortho intramolecular Hbond substituents is 1. The van der Waals surface area contributed by atoms with Crippen molar-refractivity contribution in [3.05, 3.63) is 29.5 Å². The number of aromatic nitrogens is 1. The maximum atomic E-state index is 12.9. The Bertz CT molecular complexity index is 730. The van der Waals surface area contributed by atoms with Gasteiger partial charge >= 0.3 is 0 Å². The van der Waals surface area contributed by atoms with E-state index >= 15 is 0 Å². The lowest BCUT2D eigenvalue weighted by Gasteiger charge is -2.23. The molecule has 1 aliphatic rings. The Balaban J connectivity index is 1.97. The van der Waals surface area contributed by atoms with Gasteiger partial charge in [0.25, 0.3) is 5.91 Å². The average molecular weight is 329 g/mol. The number of nitrogens with one attached hydrogen (secondary N) is 2. The molecule has 0 aliphatic carbocycles. The van der Waals surface area contributed by atoms with Gasteiger partial charge < -0.3 is 20.3 Å². The smallest absolute Gasteiger partial charge is 0.253 e. The van der Waals surface area contributed by atoms with E-state index < -0.39 is 0 Å². The van der Waals surface area contributed by atoms with Crippen molar-refractivity contribution in [1.82, 2.24) is 15.2 Å². The lowest BCUT2D eigenvalue weighted by atomic mass is 10.0. The van der Waals surface area contributed by atoms with Gasteiger partial charge in [-0.05, 0) is 57.5 Å². The number of phenols is 1. The Morgan fingerprint density at radius 2 is 2.12 bits per heavy atom. The first kappa shape index (κ1) is 16.8. The van der Waals surface area contributed by atoms with Gasteiger partial charge in [-0.15, -0.1) is 0 Å². The van der Waals surface area contributed by atoms with Crippen LogP contribution in [0.15, 0.2) is 18.2 Å². The molecule has 2 heterocycles. The van der Waals surface area contributed by atoms with Crippen molar-refractivity contribution in [3.8, 4) is 5.75 Å². The molecule has 5 nitrogen and oxygen atoms in total. The third-order valence-electron chi connectivity index (χ3n) is 4.94. The van der Waals surface area contributed by atoms with E-state index in [-0.39, 0.29) is 17.7 Å².